The molecule has 0 aliphatic heterocycles. The zero-order valence-corrected chi connectivity index (χ0v) is 7.54. The summed E-state index contributed by atoms with van der Waals surface area (Å²) in [7, 11) is 0. The first-order chi connectivity index (χ1) is 4.91. The highest BCUT2D eigenvalue weighted by molar-refractivity contribution is 7.98. The van der Waals surface area contributed by atoms with Gasteiger partial charge in [0.25, 0.3) is 0 Å². The Bertz CT molecular complexity index is 73.7. The second-order valence-corrected chi connectivity index (χ2v) is 3.16. The minimum atomic E-state index is 1.13. The molecule has 0 saturated heterocycles. The summed E-state index contributed by atoms with van der Waals surface area (Å²) in [5.41, 5.74) is 0. The van der Waals surface area contributed by atoms with Crippen LogP contribution in [0.15, 0.2) is 12.7 Å². The molecule has 0 unspecified atom stereocenters. The standard InChI is InChI=1S/C8H17NS/c1-3-4-5-6-9-7-8-10-2/h3,9H,1,4-8H2,2H3. The smallest absolute Gasteiger partial charge is 0.00553 e. The molecule has 0 rings (SSSR count). The summed E-state index contributed by atoms with van der Waals surface area (Å²) in [4.78, 5) is 0. The summed E-state index contributed by atoms with van der Waals surface area (Å²) in [6.07, 6.45) is 6.45. The molecule has 0 fully saturated rings. The van der Waals surface area contributed by atoms with Gasteiger partial charge in [-0.1, -0.05) is 6.08 Å². The van der Waals surface area contributed by atoms with Crippen molar-refractivity contribution < 1.29 is 0 Å². The summed E-state index contributed by atoms with van der Waals surface area (Å²) in [5.74, 6) is 1.22. The number of allylic oxidation sites excluding steroid dienone is 1. The van der Waals surface area contributed by atoms with E-state index in [0.717, 1.165) is 19.5 Å². The summed E-state index contributed by atoms with van der Waals surface area (Å²) < 4.78 is 0. The third-order valence-electron chi connectivity index (χ3n) is 1.24. The minimum absolute atomic E-state index is 1.13. The van der Waals surface area contributed by atoms with Crippen LogP contribution in [0.4, 0.5) is 0 Å². The molecule has 0 aromatic rings. The first-order valence-corrected chi connectivity index (χ1v) is 5.11. The van der Waals surface area contributed by atoms with Crippen molar-refractivity contribution in [3.8, 4) is 0 Å². The number of rotatable bonds is 7. The molecule has 1 N–H and O–H groups in total. The van der Waals surface area contributed by atoms with E-state index in [1.54, 1.807) is 0 Å². The van der Waals surface area contributed by atoms with Crippen LogP contribution in [0, 0.1) is 0 Å². The molecule has 0 aromatic heterocycles. The SMILES string of the molecule is C=CCCCNCCSC. The monoisotopic (exact) mass is 159 g/mol. The fraction of sp³-hybridized carbons (Fsp3) is 0.750. The Balaban J connectivity index is 2.70. The van der Waals surface area contributed by atoms with Gasteiger partial charge in [0, 0.05) is 12.3 Å². The zero-order chi connectivity index (χ0) is 7.66. The van der Waals surface area contributed by atoms with Gasteiger partial charge in [0.2, 0.25) is 0 Å². The maximum absolute atomic E-state index is 3.66. The van der Waals surface area contributed by atoms with Gasteiger partial charge in [0.1, 0.15) is 0 Å². The van der Waals surface area contributed by atoms with E-state index in [4.69, 9.17) is 0 Å². The van der Waals surface area contributed by atoms with E-state index in [0.29, 0.717) is 0 Å². The Morgan fingerprint density at radius 2 is 2.30 bits per heavy atom. The summed E-state index contributed by atoms with van der Waals surface area (Å²) in [6, 6.07) is 0. The molecule has 10 heavy (non-hydrogen) atoms. The van der Waals surface area contributed by atoms with Crippen molar-refractivity contribution in [1.29, 1.82) is 0 Å². The lowest BCUT2D eigenvalue weighted by Crippen LogP contribution is -2.17. The zero-order valence-electron chi connectivity index (χ0n) is 6.73. The third kappa shape index (κ3) is 8.05. The lowest BCUT2D eigenvalue weighted by Gasteiger charge is -2.00. The van der Waals surface area contributed by atoms with Crippen molar-refractivity contribution in [2.24, 2.45) is 0 Å². The lowest BCUT2D eigenvalue weighted by molar-refractivity contribution is 0.683. The van der Waals surface area contributed by atoms with E-state index in [1.807, 2.05) is 17.8 Å². The summed E-state index contributed by atoms with van der Waals surface area (Å²) in [6.45, 7) is 5.93. The first kappa shape index (κ1) is 10.0. The molecule has 60 valence electrons. The van der Waals surface area contributed by atoms with Gasteiger partial charge < -0.3 is 5.32 Å². The Morgan fingerprint density at radius 3 is 2.90 bits per heavy atom. The molecule has 0 bridgehead atoms. The van der Waals surface area contributed by atoms with Crippen LogP contribution in [0.1, 0.15) is 12.8 Å². The highest BCUT2D eigenvalue weighted by atomic mass is 32.2. The topological polar surface area (TPSA) is 12.0 Å². The van der Waals surface area contributed by atoms with E-state index in [2.05, 4.69) is 18.2 Å². The van der Waals surface area contributed by atoms with Crippen molar-refractivity contribution in [2.45, 2.75) is 12.8 Å². The molecule has 0 aliphatic carbocycles. The molecule has 2 heteroatoms. The van der Waals surface area contributed by atoms with E-state index in [1.165, 1.54) is 12.2 Å². The predicted octanol–water partition coefficient (Wildman–Crippen LogP) is 1.91. The quantitative estimate of drug-likeness (QED) is 0.450. The molecule has 0 saturated carbocycles. The molecule has 0 aliphatic rings. The van der Waals surface area contributed by atoms with E-state index in [9.17, 15) is 0 Å². The van der Waals surface area contributed by atoms with Crippen LogP contribution in [0.3, 0.4) is 0 Å². The van der Waals surface area contributed by atoms with Crippen molar-refractivity contribution >= 4 is 11.8 Å². The summed E-state index contributed by atoms with van der Waals surface area (Å²) in [5, 5.41) is 3.35. The molecular weight excluding hydrogens is 142 g/mol. The van der Waals surface area contributed by atoms with Crippen molar-refractivity contribution in [2.75, 3.05) is 25.1 Å². The van der Waals surface area contributed by atoms with Crippen molar-refractivity contribution in [1.82, 2.24) is 5.32 Å². The van der Waals surface area contributed by atoms with Gasteiger partial charge in [-0.2, -0.15) is 11.8 Å². The lowest BCUT2D eigenvalue weighted by atomic mass is 10.3. The normalized spacial score (nSPS) is 9.70. The van der Waals surface area contributed by atoms with E-state index in [-0.39, 0.29) is 0 Å². The average molecular weight is 159 g/mol. The fourth-order valence-electron chi connectivity index (χ4n) is 0.671. The van der Waals surface area contributed by atoms with Gasteiger partial charge in [-0.3, -0.25) is 0 Å². The second-order valence-electron chi connectivity index (χ2n) is 2.17. The summed E-state index contributed by atoms with van der Waals surface area (Å²) >= 11 is 1.88. The highest BCUT2D eigenvalue weighted by Crippen LogP contribution is 1.89. The molecule has 0 spiro atoms. The molecule has 1 nitrogen and oxygen atoms in total. The van der Waals surface area contributed by atoms with Crippen molar-refractivity contribution in [3.63, 3.8) is 0 Å². The molecule has 0 aromatic carbocycles. The molecule has 0 radical (unpaired) electrons. The third-order valence-corrected chi connectivity index (χ3v) is 1.86. The van der Waals surface area contributed by atoms with Crippen LogP contribution >= 0.6 is 11.8 Å². The van der Waals surface area contributed by atoms with Crippen LogP contribution in [0.5, 0.6) is 0 Å². The number of unbranched alkanes of at least 4 members (excludes halogenated alkanes) is 1. The molecule has 0 heterocycles. The maximum Gasteiger partial charge on any atom is 0.00553 e. The second kappa shape index (κ2) is 9.05. The number of hydrogen-bond donors (Lipinski definition) is 1. The first-order valence-electron chi connectivity index (χ1n) is 3.72. The van der Waals surface area contributed by atoms with Crippen LogP contribution < -0.4 is 5.32 Å². The van der Waals surface area contributed by atoms with E-state index < -0.39 is 0 Å². The fourth-order valence-corrected chi connectivity index (χ4v) is 1.02. The van der Waals surface area contributed by atoms with Crippen LogP contribution in [-0.2, 0) is 0 Å². The minimum Gasteiger partial charge on any atom is -0.316 e. The highest BCUT2D eigenvalue weighted by Gasteiger charge is 1.84. The average Bonchev–Trinajstić information content (AvgIpc) is 1.97. The van der Waals surface area contributed by atoms with Crippen LogP contribution in [-0.4, -0.2) is 25.1 Å². The number of hydrogen-bond acceptors (Lipinski definition) is 2. The van der Waals surface area contributed by atoms with Crippen LogP contribution in [0.2, 0.25) is 0 Å². The molecule has 0 atom stereocenters. The molecular formula is C8H17NS. The number of thioether (sulfide) groups is 1. The van der Waals surface area contributed by atoms with Gasteiger partial charge in [0.15, 0.2) is 0 Å². The Labute approximate surface area is 68.3 Å². The van der Waals surface area contributed by atoms with Gasteiger partial charge in [-0.15, -0.1) is 6.58 Å². The largest absolute Gasteiger partial charge is 0.316 e. The van der Waals surface area contributed by atoms with Crippen molar-refractivity contribution in [3.05, 3.63) is 12.7 Å². The Kier molecular flexibility index (Phi) is 9.10. The van der Waals surface area contributed by atoms with Gasteiger partial charge >= 0.3 is 0 Å². The van der Waals surface area contributed by atoms with Gasteiger partial charge in [0.05, 0.1) is 0 Å². The van der Waals surface area contributed by atoms with E-state index >= 15 is 0 Å². The predicted molar refractivity (Wildman–Crippen MR) is 50.7 cm³/mol. The van der Waals surface area contributed by atoms with Gasteiger partial charge in [-0.05, 0) is 25.6 Å². The van der Waals surface area contributed by atoms with Gasteiger partial charge in [-0.25, -0.2) is 0 Å². The van der Waals surface area contributed by atoms with Crippen LogP contribution in [0.25, 0.3) is 0 Å². The maximum atomic E-state index is 3.66. The Morgan fingerprint density at radius 1 is 1.50 bits per heavy atom. The molecule has 0 amide bonds. The number of nitrogens with one attached hydrogen (secondary N) is 1. The Hall–Kier alpha value is 0.0500.